The quantitative estimate of drug-likeness (QED) is 0.459. The fraction of sp³-hybridized carbons (Fsp3) is 0.118. The van der Waals surface area contributed by atoms with Crippen molar-refractivity contribution in [3.8, 4) is 0 Å². The topological polar surface area (TPSA) is 114 Å². The van der Waals surface area contributed by atoms with Crippen LogP contribution in [0.4, 0.5) is 5.69 Å². The zero-order chi connectivity index (χ0) is 19.1. The lowest BCUT2D eigenvalue weighted by atomic mass is 10.1. The van der Waals surface area contributed by atoms with Crippen molar-refractivity contribution in [1.82, 2.24) is 10.7 Å². The number of non-ortho nitro benzene ring substituents is 1. The van der Waals surface area contributed by atoms with E-state index in [1.54, 1.807) is 31.2 Å². The van der Waals surface area contributed by atoms with Crippen LogP contribution in [0.5, 0.6) is 0 Å². The molecule has 0 fully saturated rings. The van der Waals surface area contributed by atoms with Gasteiger partial charge in [0.2, 0.25) is 0 Å². The van der Waals surface area contributed by atoms with Gasteiger partial charge in [-0.05, 0) is 36.8 Å². The molecule has 0 aliphatic carbocycles. The summed E-state index contributed by atoms with van der Waals surface area (Å²) in [7, 11) is 0. The summed E-state index contributed by atoms with van der Waals surface area (Å²) >= 11 is 5.91. The van der Waals surface area contributed by atoms with Crippen LogP contribution in [0, 0.1) is 10.1 Å². The first-order valence-corrected chi connectivity index (χ1v) is 7.87. The predicted octanol–water partition coefficient (Wildman–Crippen LogP) is 2.52. The maximum absolute atomic E-state index is 12.0. The van der Waals surface area contributed by atoms with Gasteiger partial charge in [-0.1, -0.05) is 23.7 Å². The Balaban J connectivity index is 1.89. The highest BCUT2D eigenvalue weighted by Crippen LogP contribution is 2.14. The van der Waals surface area contributed by atoms with E-state index in [0.29, 0.717) is 11.3 Å². The standard InChI is InChI=1S/C17H15ClN4O4/c1-11(12-6-8-13(9-7-12)22(25)26)20-21-16(23)10-19-17(24)14-4-2-3-5-15(14)18/h2-9H,10H2,1H3,(H,19,24)(H,21,23). The number of benzene rings is 2. The van der Waals surface area contributed by atoms with Gasteiger partial charge >= 0.3 is 0 Å². The molecule has 0 saturated carbocycles. The molecule has 0 unspecified atom stereocenters. The largest absolute Gasteiger partial charge is 0.343 e. The first kappa shape index (κ1) is 19.1. The lowest BCUT2D eigenvalue weighted by Gasteiger charge is -2.06. The summed E-state index contributed by atoms with van der Waals surface area (Å²) in [6.45, 7) is 1.37. The number of hydrogen-bond acceptors (Lipinski definition) is 5. The lowest BCUT2D eigenvalue weighted by Crippen LogP contribution is -2.35. The van der Waals surface area contributed by atoms with Crippen LogP contribution in [0.15, 0.2) is 53.6 Å². The van der Waals surface area contributed by atoms with Crippen LogP contribution in [0.1, 0.15) is 22.8 Å². The maximum Gasteiger partial charge on any atom is 0.269 e. The lowest BCUT2D eigenvalue weighted by molar-refractivity contribution is -0.384. The number of nitrogens with zero attached hydrogens (tertiary/aromatic N) is 2. The Morgan fingerprint density at radius 2 is 1.81 bits per heavy atom. The fourth-order valence-electron chi connectivity index (χ4n) is 1.98. The molecule has 0 atom stereocenters. The van der Waals surface area contributed by atoms with Crippen molar-refractivity contribution in [3.05, 3.63) is 74.8 Å². The van der Waals surface area contributed by atoms with E-state index in [1.807, 2.05) is 0 Å². The van der Waals surface area contributed by atoms with Gasteiger partial charge in [0.05, 0.1) is 27.8 Å². The Labute approximate surface area is 154 Å². The molecule has 2 aromatic carbocycles. The number of carbonyl (C=O) groups excluding carboxylic acids is 2. The van der Waals surface area contributed by atoms with Crippen molar-refractivity contribution in [3.63, 3.8) is 0 Å². The summed E-state index contributed by atoms with van der Waals surface area (Å²) in [5, 5.41) is 17.3. The number of halogens is 1. The van der Waals surface area contributed by atoms with Gasteiger partial charge in [-0.25, -0.2) is 5.43 Å². The number of rotatable bonds is 6. The second-order valence-corrected chi connectivity index (χ2v) is 5.61. The maximum atomic E-state index is 12.0. The van der Waals surface area contributed by atoms with Crippen molar-refractivity contribution in [2.24, 2.45) is 5.10 Å². The molecule has 0 saturated heterocycles. The summed E-state index contributed by atoms with van der Waals surface area (Å²) in [6, 6.07) is 12.2. The number of hydrazone groups is 1. The second-order valence-electron chi connectivity index (χ2n) is 5.20. The Kier molecular flexibility index (Phi) is 6.40. The molecule has 0 bridgehead atoms. The van der Waals surface area contributed by atoms with E-state index in [-0.39, 0.29) is 22.8 Å². The van der Waals surface area contributed by atoms with Crippen LogP contribution in [-0.4, -0.2) is 29.0 Å². The van der Waals surface area contributed by atoms with E-state index in [9.17, 15) is 19.7 Å². The summed E-state index contributed by atoms with van der Waals surface area (Å²) in [5.41, 5.74) is 3.63. The highest BCUT2D eigenvalue weighted by atomic mass is 35.5. The molecule has 0 radical (unpaired) electrons. The molecule has 134 valence electrons. The molecule has 26 heavy (non-hydrogen) atoms. The van der Waals surface area contributed by atoms with E-state index < -0.39 is 16.7 Å². The summed E-state index contributed by atoms with van der Waals surface area (Å²) in [4.78, 5) is 33.9. The zero-order valence-corrected chi connectivity index (χ0v) is 14.5. The van der Waals surface area contributed by atoms with Gasteiger partial charge in [0.15, 0.2) is 0 Å². The van der Waals surface area contributed by atoms with Gasteiger partial charge in [0.1, 0.15) is 0 Å². The minimum absolute atomic E-state index is 0.0344. The molecule has 2 rings (SSSR count). The third-order valence-corrected chi connectivity index (χ3v) is 3.70. The second kappa shape index (κ2) is 8.72. The Morgan fingerprint density at radius 3 is 2.42 bits per heavy atom. The molecule has 0 aliphatic heterocycles. The van der Waals surface area contributed by atoms with Crippen LogP contribution < -0.4 is 10.7 Å². The Morgan fingerprint density at radius 1 is 1.15 bits per heavy atom. The van der Waals surface area contributed by atoms with E-state index >= 15 is 0 Å². The average Bonchev–Trinajstić information content (AvgIpc) is 2.64. The smallest absolute Gasteiger partial charge is 0.269 e. The highest BCUT2D eigenvalue weighted by Gasteiger charge is 2.11. The van der Waals surface area contributed by atoms with E-state index in [2.05, 4.69) is 15.8 Å². The average molecular weight is 375 g/mol. The molecule has 0 aromatic heterocycles. The number of carbonyl (C=O) groups is 2. The summed E-state index contributed by atoms with van der Waals surface area (Å²) in [6.07, 6.45) is 0. The molecule has 0 aliphatic rings. The number of amides is 2. The number of nitro groups is 1. The number of nitro benzene ring substituents is 1. The van der Waals surface area contributed by atoms with Gasteiger partial charge in [-0.3, -0.25) is 19.7 Å². The van der Waals surface area contributed by atoms with Gasteiger partial charge in [-0.2, -0.15) is 5.10 Å². The van der Waals surface area contributed by atoms with Crippen LogP contribution in [-0.2, 0) is 4.79 Å². The van der Waals surface area contributed by atoms with Crippen molar-refractivity contribution >= 4 is 34.8 Å². The predicted molar refractivity (Wildman–Crippen MR) is 97.2 cm³/mol. The molecule has 9 heteroatoms. The van der Waals surface area contributed by atoms with E-state index in [0.717, 1.165) is 0 Å². The SMILES string of the molecule is CC(=NNC(=O)CNC(=O)c1ccccc1Cl)c1ccc([N+](=O)[O-])cc1. The molecule has 8 nitrogen and oxygen atoms in total. The molecular weight excluding hydrogens is 360 g/mol. The molecule has 0 heterocycles. The minimum Gasteiger partial charge on any atom is -0.343 e. The van der Waals surface area contributed by atoms with Crippen LogP contribution >= 0.6 is 11.6 Å². The normalized spacial score (nSPS) is 10.9. The summed E-state index contributed by atoms with van der Waals surface area (Å²) in [5.74, 6) is -0.992. The fourth-order valence-corrected chi connectivity index (χ4v) is 2.20. The first-order valence-electron chi connectivity index (χ1n) is 7.49. The molecule has 2 amide bonds. The Hall–Kier alpha value is -3.26. The van der Waals surface area contributed by atoms with E-state index in [4.69, 9.17) is 11.6 Å². The molecule has 2 aromatic rings. The van der Waals surface area contributed by atoms with Gasteiger partial charge in [0.25, 0.3) is 17.5 Å². The van der Waals surface area contributed by atoms with Gasteiger partial charge < -0.3 is 5.32 Å². The van der Waals surface area contributed by atoms with Crippen LogP contribution in [0.2, 0.25) is 5.02 Å². The van der Waals surface area contributed by atoms with Crippen LogP contribution in [0.3, 0.4) is 0 Å². The zero-order valence-electron chi connectivity index (χ0n) is 13.7. The monoisotopic (exact) mass is 374 g/mol. The Bertz CT molecular complexity index is 865. The van der Waals surface area contributed by atoms with Crippen molar-refractivity contribution in [1.29, 1.82) is 0 Å². The van der Waals surface area contributed by atoms with Gasteiger partial charge in [0, 0.05) is 12.1 Å². The molecule has 2 N–H and O–H groups in total. The highest BCUT2D eigenvalue weighted by molar-refractivity contribution is 6.33. The van der Waals surface area contributed by atoms with Gasteiger partial charge in [-0.15, -0.1) is 0 Å². The first-order chi connectivity index (χ1) is 12.4. The van der Waals surface area contributed by atoms with Crippen molar-refractivity contribution in [2.45, 2.75) is 6.92 Å². The summed E-state index contributed by atoms with van der Waals surface area (Å²) < 4.78 is 0. The third-order valence-electron chi connectivity index (χ3n) is 3.37. The van der Waals surface area contributed by atoms with Crippen molar-refractivity contribution in [2.75, 3.05) is 6.54 Å². The number of hydrogen-bond donors (Lipinski definition) is 2. The molecule has 0 spiro atoms. The van der Waals surface area contributed by atoms with Crippen molar-refractivity contribution < 1.29 is 14.5 Å². The third kappa shape index (κ3) is 5.12. The van der Waals surface area contributed by atoms with E-state index in [1.165, 1.54) is 24.3 Å². The minimum atomic E-state index is -0.522. The number of nitrogens with one attached hydrogen (secondary N) is 2. The molecular formula is C17H15ClN4O4. The van der Waals surface area contributed by atoms with Crippen LogP contribution in [0.25, 0.3) is 0 Å².